The van der Waals surface area contributed by atoms with Gasteiger partial charge in [0.05, 0.1) is 60.6 Å². The van der Waals surface area contributed by atoms with Crippen LogP contribution in [-0.4, -0.2) is 75.2 Å². The summed E-state index contributed by atoms with van der Waals surface area (Å²) in [5, 5.41) is 42.9. The number of benzene rings is 1. The minimum Gasteiger partial charge on any atom is -0.545 e. The number of carbonyl (C=O) groups is 4. The smallest absolute Gasteiger partial charge is 0.545 e. The molecule has 3 aromatic rings. The number of quaternary nitrogens is 1. The summed E-state index contributed by atoms with van der Waals surface area (Å²) in [5.41, 5.74) is -1.99. The number of nitrogens with zero attached hydrogens (tertiary/aromatic N) is 4. The van der Waals surface area contributed by atoms with Gasteiger partial charge in [-0.15, -0.1) is 0 Å². The first kappa shape index (κ1) is 38.8. The number of aryl methyl sites for hydroxylation is 1. The van der Waals surface area contributed by atoms with E-state index >= 15 is 0 Å². The van der Waals surface area contributed by atoms with E-state index in [2.05, 4.69) is 20.2 Å². The molecule has 17 nitrogen and oxygen atoms in total. The normalized spacial score (nSPS) is 11.7. The number of aromatic carboxylic acids is 4. The first-order valence-electron chi connectivity index (χ1n) is 11.0. The van der Waals surface area contributed by atoms with Crippen LogP contribution in [0.3, 0.4) is 0 Å². The first-order chi connectivity index (χ1) is 17.5. The van der Waals surface area contributed by atoms with Gasteiger partial charge >= 0.3 is 25.4 Å². The second-order valence-corrected chi connectivity index (χ2v) is 7.88. The number of pyridine rings is 1. The molecule has 218 valence electrons. The predicted octanol–water partition coefficient (Wildman–Crippen LogP) is -7.00. The largest absolute Gasteiger partial charge is 2.00 e. The summed E-state index contributed by atoms with van der Waals surface area (Å²) < 4.78 is 1.64. The van der Waals surface area contributed by atoms with E-state index in [9.17, 15) is 39.3 Å². The summed E-state index contributed by atoms with van der Waals surface area (Å²) >= 11 is 0. The minimum absolute atomic E-state index is 0. The summed E-state index contributed by atoms with van der Waals surface area (Å²) in [5.74, 6) is -5.64. The molecule has 11 N–H and O–H groups in total. The van der Waals surface area contributed by atoms with E-state index < -0.39 is 46.0 Å². The molecule has 0 saturated carbocycles. The number of hydrogen-bond acceptors (Lipinski definition) is 11. The molecule has 1 fully saturated rings. The molecular weight excluding hydrogens is 604 g/mol. The van der Waals surface area contributed by atoms with Crippen LogP contribution in [0.1, 0.15) is 48.4 Å². The van der Waals surface area contributed by atoms with Crippen LogP contribution in [0.4, 0.5) is 5.95 Å². The minimum atomic E-state index is -1.65. The van der Waals surface area contributed by atoms with Crippen LogP contribution in [0.15, 0.2) is 35.4 Å². The topological polar surface area (TPSA) is 323 Å². The Balaban J connectivity index is 0. The molecule has 3 heterocycles. The van der Waals surface area contributed by atoms with E-state index in [1.807, 2.05) is 6.92 Å². The van der Waals surface area contributed by atoms with Gasteiger partial charge in [-0.25, -0.2) is 9.78 Å². The Morgan fingerprint density at radius 3 is 1.90 bits per heavy atom. The molecule has 0 bridgehead atoms. The average molecular weight is 633 g/mol. The number of rotatable bonds is 6. The maximum atomic E-state index is 12.2. The Morgan fingerprint density at radius 1 is 0.951 bits per heavy atom. The Morgan fingerprint density at radius 2 is 1.46 bits per heavy atom. The molecule has 41 heavy (non-hydrogen) atoms. The van der Waals surface area contributed by atoms with Crippen molar-refractivity contribution >= 4 is 40.9 Å². The molecule has 2 aromatic heterocycles. The van der Waals surface area contributed by atoms with Crippen molar-refractivity contribution in [1.29, 1.82) is 0 Å². The number of carboxylic acid groups (broad SMARTS) is 4. The third-order valence-corrected chi connectivity index (χ3v) is 5.50. The summed E-state index contributed by atoms with van der Waals surface area (Å²) in [4.78, 5) is 65.4. The number of anilines is 1. The maximum Gasteiger partial charge on any atom is 2.00 e. The number of fused-ring (bicyclic) bond motifs is 1. The molecule has 1 aliphatic rings. The maximum absolute atomic E-state index is 12.2. The van der Waals surface area contributed by atoms with E-state index in [0.29, 0.717) is 18.1 Å². The van der Waals surface area contributed by atoms with Gasteiger partial charge in [0.25, 0.3) is 0 Å². The number of hydrogen-bond donors (Lipinski definition) is 2. The van der Waals surface area contributed by atoms with Gasteiger partial charge in [-0.1, -0.05) is 0 Å². The molecule has 18 heteroatoms. The fraction of sp³-hybridized carbons (Fsp3) is 0.261. The number of aromatic nitrogens is 3. The molecule has 0 aliphatic carbocycles. The van der Waals surface area contributed by atoms with Gasteiger partial charge in [0, 0.05) is 18.9 Å². The average Bonchev–Trinajstić information content (AvgIpc) is 2.89. The van der Waals surface area contributed by atoms with Gasteiger partial charge < -0.3 is 66.0 Å². The van der Waals surface area contributed by atoms with Crippen LogP contribution in [-0.2, 0) is 37.0 Å². The van der Waals surface area contributed by atoms with Crippen molar-refractivity contribution in [1.82, 2.24) is 14.5 Å². The summed E-state index contributed by atoms with van der Waals surface area (Å²) in [6.07, 6.45) is 2.71. The molecular formula is C23H29N5O12Zn+2. The van der Waals surface area contributed by atoms with Gasteiger partial charge in [0.1, 0.15) is 5.65 Å². The molecule has 0 radical (unpaired) electrons. The van der Waals surface area contributed by atoms with E-state index in [1.165, 1.54) is 12.4 Å². The summed E-state index contributed by atoms with van der Waals surface area (Å²) in [6, 6.07) is 2.39. The quantitative estimate of drug-likeness (QED) is 0.189. The van der Waals surface area contributed by atoms with E-state index in [-0.39, 0.29) is 46.9 Å². The predicted molar refractivity (Wildman–Crippen MR) is 133 cm³/mol. The van der Waals surface area contributed by atoms with Gasteiger partial charge in [-0.3, -0.25) is 4.79 Å². The molecule has 4 rings (SSSR count). The Labute approximate surface area is 243 Å². The van der Waals surface area contributed by atoms with Crippen molar-refractivity contribution < 1.29 is 80.8 Å². The first-order valence-corrected chi connectivity index (χ1v) is 11.0. The van der Waals surface area contributed by atoms with Crippen LogP contribution in [0, 0.1) is 0 Å². The molecule has 1 aliphatic heterocycles. The number of piperazine rings is 1. The molecule has 0 atom stereocenters. The van der Waals surface area contributed by atoms with Crippen LogP contribution in [0.5, 0.6) is 0 Å². The summed E-state index contributed by atoms with van der Waals surface area (Å²) in [7, 11) is 0. The Bertz CT molecular complexity index is 1380. The van der Waals surface area contributed by atoms with Gasteiger partial charge in [-0.05, 0) is 36.2 Å². The third kappa shape index (κ3) is 9.09. The van der Waals surface area contributed by atoms with Gasteiger partial charge in [0.15, 0.2) is 0 Å². The van der Waals surface area contributed by atoms with Crippen molar-refractivity contribution in [2.75, 3.05) is 31.1 Å². The van der Waals surface area contributed by atoms with Crippen LogP contribution >= 0.6 is 0 Å². The summed E-state index contributed by atoms with van der Waals surface area (Å²) in [6.45, 7) is 6.01. The fourth-order valence-electron chi connectivity index (χ4n) is 3.64. The standard InChI is InChI=1S/C14H17N5O3.C9H6O6.3H2O.Zn/c1-2-18-8-10(13(21)22)11(20)9-7-16-14(17-12(9)18)19-5-3-15-4-6-19;10-7(11)4-1-5(8(12)13)3-6(2-4)9(14)15;;;;/h7-8,15H,2-6H2,1H3,(H,21,22);1-3H,(H,10,11)(H,12,13)(H,14,15);3*1H2;/q;;;;;+2. The second kappa shape index (κ2) is 16.7. The Kier molecular flexibility index (Phi) is 15.8. The van der Waals surface area contributed by atoms with E-state index in [1.54, 1.807) is 4.57 Å². The Hall–Kier alpha value is -4.35. The van der Waals surface area contributed by atoms with Crippen molar-refractivity contribution in [3.63, 3.8) is 0 Å². The van der Waals surface area contributed by atoms with Crippen LogP contribution in [0.2, 0.25) is 0 Å². The van der Waals surface area contributed by atoms with Crippen molar-refractivity contribution in [3.05, 3.63) is 63.1 Å². The number of carboxylic acids is 4. The molecule has 1 saturated heterocycles. The van der Waals surface area contributed by atoms with Crippen LogP contribution < -0.4 is 31.0 Å². The molecule has 1 aromatic carbocycles. The zero-order valence-electron chi connectivity index (χ0n) is 21.9. The van der Waals surface area contributed by atoms with E-state index in [0.717, 1.165) is 44.4 Å². The number of carbonyl (C=O) groups excluding carboxylic acids is 3. The zero-order chi connectivity index (χ0) is 27.3. The third-order valence-electron chi connectivity index (χ3n) is 5.50. The van der Waals surface area contributed by atoms with Crippen molar-refractivity contribution in [3.8, 4) is 0 Å². The molecule has 0 amide bonds. The van der Waals surface area contributed by atoms with E-state index in [4.69, 9.17) is 5.11 Å². The number of nitrogens with two attached hydrogens (primary N) is 1. The van der Waals surface area contributed by atoms with Crippen molar-refractivity contribution in [2.24, 2.45) is 0 Å². The zero-order valence-corrected chi connectivity index (χ0v) is 24.8. The SMILES string of the molecule is CCn1cc(C(=O)[O-])c(=O)c2cnc(N3CC[NH2+]CC3)nc21.O.O=C([O-])c1cc(C(=O)[O-])cc(C(=O)O)c1.[OH3+].[OH3+].[Zn+2]. The monoisotopic (exact) mass is 631 g/mol. The second-order valence-electron chi connectivity index (χ2n) is 7.88. The fourth-order valence-corrected chi connectivity index (χ4v) is 3.64. The molecule has 0 unspecified atom stereocenters. The molecule has 0 spiro atoms. The van der Waals surface area contributed by atoms with Gasteiger partial charge in [0.2, 0.25) is 11.4 Å². The van der Waals surface area contributed by atoms with Gasteiger partial charge in [-0.2, -0.15) is 4.98 Å². The van der Waals surface area contributed by atoms with Crippen molar-refractivity contribution in [2.45, 2.75) is 13.5 Å². The van der Waals surface area contributed by atoms with Crippen LogP contribution in [0.25, 0.3) is 11.0 Å².